The Balaban J connectivity index is 1.73. The number of Topliss-reactive ketones (excluding diaryl/α,β-unsaturated/α-hetero) is 1. The third-order valence-corrected chi connectivity index (χ3v) is 5.84. The number of halogens is 1. The van der Waals surface area contributed by atoms with Crippen LogP contribution in [0.3, 0.4) is 0 Å². The minimum absolute atomic E-state index is 0.204. The van der Waals surface area contributed by atoms with Crippen LogP contribution in [0, 0.1) is 12.8 Å². The predicted molar refractivity (Wildman–Crippen MR) is 83.7 cm³/mol. The van der Waals surface area contributed by atoms with Crippen LogP contribution in [-0.4, -0.2) is 39.6 Å². The van der Waals surface area contributed by atoms with E-state index >= 15 is 0 Å². The maximum absolute atomic E-state index is 12.7. The fraction of sp³-hybridized carbons (Fsp3) is 0.750. The third-order valence-electron chi connectivity index (χ3n) is 5.35. The van der Waals surface area contributed by atoms with Gasteiger partial charge in [0.05, 0.1) is 22.8 Å². The number of aromatic nitrogens is 2. The Bertz CT molecular complexity index is 540. The number of carbonyl (C=O) groups is 1. The van der Waals surface area contributed by atoms with Crippen LogP contribution in [0.4, 0.5) is 0 Å². The summed E-state index contributed by atoms with van der Waals surface area (Å²) in [6.45, 7) is 4.69. The average Bonchev–Trinajstić information content (AvgIpc) is 2.85. The zero-order valence-electron chi connectivity index (χ0n) is 13.1. The van der Waals surface area contributed by atoms with E-state index in [0.717, 1.165) is 30.8 Å². The molecule has 2 bridgehead atoms. The van der Waals surface area contributed by atoms with Crippen LogP contribution >= 0.6 is 11.6 Å². The van der Waals surface area contributed by atoms with Gasteiger partial charge < -0.3 is 4.90 Å². The zero-order valence-corrected chi connectivity index (χ0v) is 13.9. The van der Waals surface area contributed by atoms with Crippen molar-refractivity contribution in [1.29, 1.82) is 0 Å². The molecule has 0 aromatic carbocycles. The second-order valence-electron chi connectivity index (χ2n) is 6.52. The standard InChI is InChI=1S/C16H24ClN3O/c1-4-20-14(16(17)10(2)18-20)9-15(21)11-7-12-5-6-13(8-11)19(12)3/h11-13H,4-9H2,1-3H3. The summed E-state index contributed by atoms with van der Waals surface area (Å²) < 4.78 is 1.87. The summed E-state index contributed by atoms with van der Waals surface area (Å²) in [7, 11) is 2.20. The largest absolute Gasteiger partial charge is 0.300 e. The van der Waals surface area contributed by atoms with Crippen molar-refractivity contribution in [2.24, 2.45) is 5.92 Å². The van der Waals surface area contributed by atoms with E-state index in [0.29, 0.717) is 29.3 Å². The number of hydrogen-bond acceptors (Lipinski definition) is 3. The second-order valence-corrected chi connectivity index (χ2v) is 6.90. The summed E-state index contributed by atoms with van der Waals surface area (Å²) in [6, 6.07) is 1.21. The first-order valence-corrected chi connectivity index (χ1v) is 8.35. The number of piperidine rings is 1. The fourth-order valence-electron chi connectivity index (χ4n) is 4.02. The molecule has 2 aliphatic rings. The van der Waals surface area contributed by atoms with Gasteiger partial charge >= 0.3 is 0 Å². The summed E-state index contributed by atoms with van der Waals surface area (Å²) in [5, 5.41) is 5.07. The van der Waals surface area contributed by atoms with Crippen molar-refractivity contribution in [3.8, 4) is 0 Å². The molecule has 0 radical (unpaired) electrons. The van der Waals surface area contributed by atoms with Gasteiger partial charge in [-0.25, -0.2) is 0 Å². The minimum Gasteiger partial charge on any atom is -0.300 e. The topological polar surface area (TPSA) is 38.1 Å². The van der Waals surface area contributed by atoms with Crippen molar-refractivity contribution in [1.82, 2.24) is 14.7 Å². The van der Waals surface area contributed by atoms with Crippen LogP contribution in [0.2, 0.25) is 5.02 Å². The highest BCUT2D eigenvalue weighted by atomic mass is 35.5. The Kier molecular flexibility index (Phi) is 4.10. The van der Waals surface area contributed by atoms with Gasteiger partial charge in [0.1, 0.15) is 5.78 Å². The quantitative estimate of drug-likeness (QED) is 0.858. The first-order valence-electron chi connectivity index (χ1n) is 7.97. The second kappa shape index (κ2) is 5.73. The molecule has 21 heavy (non-hydrogen) atoms. The first kappa shape index (κ1) is 15.0. The molecule has 0 aliphatic carbocycles. The lowest BCUT2D eigenvalue weighted by molar-refractivity contribution is -0.124. The number of nitrogens with zero attached hydrogens (tertiary/aromatic N) is 3. The van der Waals surface area contributed by atoms with Gasteiger partial charge in [-0.1, -0.05) is 11.6 Å². The van der Waals surface area contributed by atoms with Crippen molar-refractivity contribution in [2.75, 3.05) is 7.05 Å². The van der Waals surface area contributed by atoms with Gasteiger partial charge in [-0.05, 0) is 46.6 Å². The first-order chi connectivity index (χ1) is 10.0. The minimum atomic E-state index is 0.204. The SMILES string of the molecule is CCn1nc(C)c(Cl)c1CC(=O)C1CC2CCC(C1)N2C. The highest BCUT2D eigenvalue weighted by Gasteiger charge is 2.40. The van der Waals surface area contributed by atoms with Crippen LogP contribution in [-0.2, 0) is 17.8 Å². The number of aryl methyl sites for hydroxylation is 2. The normalized spacial score (nSPS) is 29.0. The van der Waals surface area contributed by atoms with Crippen LogP contribution in [0.5, 0.6) is 0 Å². The predicted octanol–water partition coefficient (Wildman–Crippen LogP) is 2.85. The molecule has 5 heteroatoms. The lowest BCUT2D eigenvalue weighted by atomic mass is 9.86. The summed E-state index contributed by atoms with van der Waals surface area (Å²) in [6.07, 6.45) is 4.96. The fourth-order valence-corrected chi connectivity index (χ4v) is 4.22. The molecule has 1 aromatic rings. The van der Waals surface area contributed by atoms with Gasteiger partial charge in [0.2, 0.25) is 0 Å². The van der Waals surface area contributed by atoms with Gasteiger partial charge in [0, 0.05) is 24.5 Å². The molecule has 116 valence electrons. The molecule has 3 rings (SSSR count). The van der Waals surface area contributed by atoms with Crippen molar-refractivity contribution in [3.05, 3.63) is 16.4 Å². The zero-order chi connectivity index (χ0) is 15.1. The van der Waals surface area contributed by atoms with Crippen molar-refractivity contribution in [2.45, 2.75) is 64.6 Å². The molecule has 2 atom stereocenters. The molecule has 4 nitrogen and oxygen atoms in total. The highest BCUT2D eigenvalue weighted by Crippen LogP contribution is 2.38. The molecule has 2 unspecified atom stereocenters. The lowest BCUT2D eigenvalue weighted by Gasteiger charge is -2.35. The van der Waals surface area contributed by atoms with E-state index in [1.54, 1.807) is 0 Å². The van der Waals surface area contributed by atoms with E-state index in [1.807, 2.05) is 18.5 Å². The summed E-state index contributed by atoms with van der Waals surface area (Å²) >= 11 is 6.32. The summed E-state index contributed by atoms with van der Waals surface area (Å²) in [5.41, 5.74) is 1.72. The van der Waals surface area contributed by atoms with E-state index in [9.17, 15) is 4.79 Å². The van der Waals surface area contributed by atoms with Crippen LogP contribution < -0.4 is 0 Å². The maximum atomic E-state index is 12.7. The molecular weight excluding hydrogens is 286 g/mol. The number of ketones is 1. The highest BCUT2D eigenvalue weighted by molar-refractivity contribution is 6.32. The van der Waals surface area contributed by atoms with E-state index < -0.39 is 0 Å². The monoisotopic (exact) mass is 309 g/mol. The van der Waals surface area contributed by atoms with E-state index in [2.05, 4.69) is 17.0 Å². The van der Waals surface area contributed by atoms with Crippen LogP contribution in [0.25, 0.3) is 0 Å². The van der Waals surface area contributed by atoms with Gasteiger partial charge in [-0.2, -0.15) is 5.10 Å². The molecule has 0 amide bonds. The molecular formula is C16H24ClN3O. The average molecular weight is 310 g/mol. The summed E-state index contributed by atoms with van der Waals surface area (Å²) in [5.74, 6) is 0.548. The third kappa shape index (κ3) is 2.64. The van der Waals surface area contributed by atoms with E-state index in [1.165, 1.54) is 12.8 Å². The molecule has 0 N–H and O–H groups in total. The summed E-state index contributed by atoms with van der Waals surface area (Å²) in [4.78, 5) is 15.2. The molecule has 2 saturated heterocycles. The van der Waals surface area contributed by atoms with Crippen LogP contribution in [0.1, 0.15) is 44.0 Å². The number of rotatable bonds is 4. The van der Waals surface area contributed by atoms with E-state index in [4.69, 9.17) is 11.6 Å². The molecule has 1 aromatic heterocycles. The smallest absolute Gasteiger partial charge is 0.142 e. The number of carbonyl (C=O) groups excluding carboxylic acids is 1. The Morgan fingerprint density at radius 1 is 1.33 bits per heavy atom. The molecule has 2 aliphatic heterocycles. The van der Waals surface area contributed by atoms with Crippen molar-refractivity contribution in [3.63, 3.8) is 0 Å². The Morgan fingerprint density at radius 2 is 1.95 bits per heavy atom. The molecule has 2 fully saturated rings. The number of fused-ring (bicyclic) bond motifs is 2. The maximum Gasteiger partial charge on any atom is 0.142 e. The Labute approximate surface area is 131 Å². The van der Waals surface area contributed by atoms with Crippen molar-refractivity contribution < 1.29 is 4.79 Å². The molecule has 3 heterocycles. The van der Waals surface area contributed by atoms with Crippen LogP contribution in [0.15, 0.2) is 0 Å². The number of hydrogen-bond donors (Lipinski definition) is 0. The molecule has 0 saturated carbocycles. The van der Waals surface area contributed by atoms with Crippen molar-refractivity contribution >= 4 is 17.4 Å². The van der Waals surface area contributed by atoms with Gasteiger partial charge in [0.25, 0.3) is 0 Å². The Morgan fingerprint density at radius 3 is 2.52 bits per heavy atom. The van der Waals surface area contributed by atoms with E-state index in [-0.39, 0.29) is 5.92 Å². The van der Waals surface area contributed by atoms with Gasteiger partial charge in [0.15, 0.2) is 0 Å². The molecule has 0 spiro atoms. The lowest BCUT2D eigenvalue weighted by Crippen LogP contribution is -2.42. The van der Waals surface area contributed by atoms with Gasteiger partial charge in [-0.3, -0.25) is 9.48 Å². The van der Waals surface area contributed by atoms with Gasteiger partial charge in [-0.15, -0.1) is 0 Å². The Hall–Kier alpha value is -0.870.